The number of benzene rings is 1. The van der Waals surface area contributed by atoms with Crippen LogP contribution < -0.4 is 10.4 Å². The molecule has 0 saturated heterocycles. The third-order valence-corrected chi connectivity index (χ3v) is 4.71. The monoisotopic (exact) mass is 426 g/mol. The molecule has 0 radical (unpaired) electrons. The summed E-state index contributed by atoms with van der Waals surface area (Å²) in [5.41, 5.74) is 0.554. The molecule has 7 nitrogen and oxygen atoms in total. The maximum absolute atomic E-state index is 12.5. The Labute approximate surface area is 180 Å². The number of allylic oxidation sites excluding steroid dienone is 2. The highest BCUT2D eigenvalue weighted by Gasteiger charge is 2.50. The van der Waals surface area contributed by atoms with Crippen molar-refractivity contribution < 1.29 is 28.2 Å². The second-order valence-corrected chi connectivity index (χ2v) is 8.51. The summed E-state index contributed by atoms with van der Waals surface area (Å²) in [4.78, 5) is 36.7. The molecule has 31 heavy (non-hydrogen) atoms. The zero-order valence-electron chi connectivity index (χ0n) is 18.5. The number of hydrogen-bond acceptors (Lipinski definition) is 7. The normalized spacial score (nSPS) is 17.4. The van der Waals surface area contributed by atoms with Crippen LogP contribution in [0.3, 0.4) is 0 Å². The van der Waals surface area contributed by atoms with Gasteiger partial charge in [-0.2, -0.15) is 0 Å². The van der Waals surface area contributed by atoms with Gasteiger partial charge in [-0.15, -0.1) is 0 Å². The molecule has 0 saturated carbocycles. The molecule has 0 amide bonds. The third kappa shape index (κ3) is 4.87. The van der Waals surface area contributed by atoms with E-state index in [-0.39, 0.29) is 5.58 Å². The van der Waals surface area contributed by atoms with Crippen LogP contribution in [0.5, 0.6) is 5.75 Å². The van der Waals surface area contributed by atoms with Gasteiger partial charge >= 0.3 is 17.6 Å². The second-order valence-electron chi connectivity index (χ2n) is 8.51. The molecule has 2 aromatic rings. The smallest absolute Gasteiger partial charge is 0.336 e. The van der Waals surface area contributed by atoms with Crippen molar-refractivity contribution in [2.75, 3.05) is 0 Å². The van der Waals surface area contributed by atoms with E-state index in [0.717, 1.165) is 11.1 Å². The van der Waals surface area contributed by atoms with Crippen molar-refractivity contribution in [3.05, 3.63) is 63.5 Å². The molecule has 1 aromatic heterocycles. The van der Waals surface area contributed by atoms with Crippen LogP contribution in [0.2, 0.25) is 0 Å². The van der Waals surface area contributed by atoms with E-state index in [4.69, 9.17) is 18.6 Å². The van der Waals surface area contributed by atoms with E-state index < -0.39 is 35.4 Å². The minimum atomic E-state index is -1.17. The van der Waals surface area contributed by atoms with E-state index in [1.54, 1.807) is 59.7 Å². The molecule has 2 heterocycles. The molecule has 164 valence electrons. The Balaban J connectivity index is 2.09. The number of fused-ring (bicyclic) bond motifs is 3. The van der Waals surface area contributed by atoms with Gasteiger partial charge in [0.1, 0.15) is 16.9 Å². The van der Waals surface area contributed by atoms with Gasteiger partial charge in [-0.3, -0.25) is 0 Å². The van der Waals surface area contributed by atoms with Gasteiger partial charge in [0.2, 0.25) is 0 Å². The van der Waals surface area contributed by atoms with Crippen molar-refractivity contribution in [1.29, 1.82) is 0 Å². The maximum atomic E-state index is 12.5. The zero-order chi connectivity index (χ0) is 22.9. The van der Waals surface area contributed by atoms with Crippen LogP contribution in [0.1, 0.15) is 53.2 Å². The zero-order valence-corrected chi connectivity index (χ0v) is 18.5. The van der Waals surface area contributed by atoms with Gasteiger partial charge in [0, 0.05) is 23.6 Å². The van der Waals surface area contributed by atoms with Crippen molar-refractivity contribution in [1.82, 2.24) is 0 Å². The van der Waals surface area contributed by atoms with Crippen LogP contribution >= 0.6 is 0 Å². The number of hydrogen-bond donors (Lipinski definition) is 0. The Hall–Kier alpha value is -3.35. The molecule has 0 fully saturated rings. The van der Waals surface area contributed by atoms with Gasteiger partial charge in [0.15, 0.2) is 12.2 Å². The van der Waals surface area contributed by atoms with Crippen LogP contribution in [0.4, 0.5) is 0 Å². The minimum Gasteiger partial charge on any atom is -0.481 e. The number of esters is 2. The summed E-state index contributed by atoms with van der Waals surface area (Å²) >= 11 is 0. The highest BCUT2D eigenvalue weighted by Crippen LogP contribution is 2.47. The van der Waals surface area contributed by atoms with Gasteiger partial charge in [0.05, 0.1) is 5.56 Å². The van der Waals surface area contributed by atoms with Crippen LogP contribution in [-0.2, 0) is 19.1 Å². The molecule has 1 aliphatic heterocycles. The minimum absolute atomic E-state index is 0.272. The molecule has 1 aromatic carbocycles. The number of ether oxygens (including phenoxy) is 3. The Kier molecular flexibility index (Phi) is 6.06. The Bertz CT molecular complexity index is 1140. The lowest BCUT2D eigenvalue weighted by atomic mass is 9.93. The molecule has 2 unspecified atom stereocenters. The summed E-state index contributed by atoms with van der Waals surface area (Å²) < 4.78 is 22.9. The van der Waals surface area contributed by atoms with Crippen LogP contribution in [0, 0.1) is 0 Å². The molecular formula is C24H26O7. The molecular weight excluding hydrogens is 400 g/mol. The molecule has 2 atom stereocenters. The fourth-order valence-electron chi connectivity index (χ4n) is 3.46. The van der Waals surface area contributed by atoms with Crippen molar-refractivity contribution in [2.24, 2.45) is 0 Å². The third-order valence-electron chi connectivity index (χ3n) is 4.71. The predicted octanol–water partition coefficient (Wildman–Crippen LogP) is 4.39. The summed E-state index contributed by atoms with van der Waals surface area (Å²) in [6, 6.07) is 6.41. The first-order valence-electron chi connectivity index (χ1n) is 9.95. The fraction of sp³-hybridized carbons (Fsp3) is 0.375. The van der Waals surface area contributed by atoms with Crippen molar-refractivity contribution in [2.45, 2.75) is 59.4 Å². The van der Waals surface area contributed by atoms with Gasteiger partial charge in [0.25, 0.3) is 0 Å². The van der Waals surface area contributed by atoms with Crippen LogP contribution in [0.15, 0.2) is 56.8 Å². The number of carbonyl (C=O) groups excluding carboxylic acids is 2. The fourth-order valence-corrected chi connectivity index (χ4v) is 3.46. The Morgan fingerprint density at radius 2 is 1.58 bits per heavy atom. The second kappa shape index (κ2) is 8.41. The molecule has 0 spiro atoms. The first kappa shape index (κ1) is 22.3. The van der Waals surface area contributed by atoms with E-state index in [1.807, 2.05) is 0 Å². The average Bonchev–Trinajstić information content (AvgIpc) is 2.99. The molecule has 0 aliphatic carbocycles. The van der Waals surface area contributed by atoms with Gasteiger partial charge in [-0.1, -0.05) is 11.1 Å². The van der Waals surface area contributed by atoms with E-state index in [1.165, 1.54) is 18.2 Å². The van der Waals surface area contributed by atoms with Crippen LogP contribution in [0.25, 0.3) is 11.0 Å². The van der Waals surface area contributed by atoms with Crippen molar-refractivity contribution >= 4 is 22.9 Å². The first-order chi connectivity index (χ1) is 14.5. The molecule has 7 heteroatoms. The van der Waals surface area contributed by atoms with Crippen molar-refractivity contribution in [3.63, 3.8) is 0 Å². The molecule has 0 bridgehead atoms. The average molecular weight is 426 g/mol. The first-order valence-corrected chi connectivity index (χ1v) is 9.95. The maximum Gasteiger partial charge on any atom is 0.336 e. The van der Waals surface area contributed by atoms with E-state index in [2.05, 4.69) is 0 Å². The number of rotatable bonds is 5. The highest BCUT2D eigenvalue weighted by molar-refractivity contribution is 5.86. The lowest BCUT2D eigenvalue weighted by Gasteiger charge is -2.33. The topological polar surface area (TPSA) is 92.0 Å². The largest absolute Gasteiger partial charge is 0.481 e. The lowest BCUT2D eigenvalue weighted by Crippen LogP contribution is -2.46. The predicted molar refractivity (Wildman–Crippen MR) is 115 cm³/mol. The van der Waals surface area contributed by atoms with Gasteiger partial charge < -0.3 is 18.6 Å². The molecule has 3 rings (SSSR count). The van der Waals surface area contributed by atoms with Crippen LogP contribution in [-0.4, -0.2) is 23.6 Å². The highest BCUT2D eigenvalue weighted by atomic mass is 16.6. The van der Waals surface area contributed by atoms with Crippen molar-refractivity contribution in [3.8, 4) is 5.75 Å². The molecule has 1 aliphatic rings. The number of carbonyl (C=O) groups is 2. The van der Waals surface area contributed by atoms with E-state index in [0.29, 0.717) is 16.7 Å². The van der Waals surface area contributed by atoms with Gasteiger partial charge in [-0.05, 0) is 59.7 Å². The lowest BCUT2D eigenvalue weighted by molar-refractivity contribution is -0.171. The quantitative estimate of drug-likeness (QED) is 0.398. The summed E-state index contributed by atoms with van der Waals surface area (Å²) in [7, 11) is 0. The summed E-state index contributed by atoms with van der Waals surface area (Å²) in [5, 5.41) is 0.658. The Morgan fingerprint density at radius 1 is 0.968 bits per heavy atom. The molecule has 0 N–H and O–H groups in total. The van der Waals surface area contributed by atoms with E-state index in [9.17, 15) is 14.4 Å². The van der Waals surface area contributed by atoms with Gasteiger partial charge in [-0.25, -0.2) is 14.4 Å². The SMILES string of the molecule is CC(C)=CC(=O)OC1c2c(ccc3ccc(=O)oc23)OC1C(C)(C)OC(=O)C=C(C)C. The summed E-state index contributed by atoms with van der Waals surface area (Å²) in [6.07, 6.45) is 0.922. The summed E-state index contributed by atoms with van der Waals surface area (Å²) in [5.74, 6) is -0.711. The Morgan fingerprint density at radius 3 is 2.23 bits per heavy atom. The van der Waals surface area contributed by atoms with E-state index >= 15 is 0 Å². The standard InChI is InChI=1S/C24H26O7/c1-13(2)11-18(26)30-22-20-16(9-7-15-8-10-17(25)29-21(15)20)28-23(22)24(5,6)31-19(27)12-14(3)4/h7-12,22-23H,1-6H3. The summed E-state index contributed by atoms with van der Waals surface area (Å²) in [6.45, 7) is 10.5.